The second kappa shape index (κ2) is 5.60. The average molecular weight is 253 g/mol. The molecule has 0 aliphatic heterocycles. The lowest BCUT2D eigenvalue weighted by molar-refractivity contribution is -0.132. The molecule has 1 amide bonds. The average Bonchev–Trinajstić information content (AvgIpc) is 2.71. The van der Waals surface area contributed by atoms with Gasteiger partial charge in [0.25, 0.3) is 0 Å². The van der Waals surface area contributed by atoms with Crippen molar-refractivity contribution >= 4 is 5.91 Å². The van der Waals surface area contributed by atoms with Crippen LogP contribution in [0.5, 0.6) is 0 Å². The molecular weight excluding hydrogens is 226 g/mol. The zero-order valence-electron chi connectivity index (χ0n) is 11.7. The lowest BCUT2D eigenvalue weighted by Crippen LogP contribution is -2.44. The second-order valence-corrected chi connectivity index (χ2v) is 6.79. The number of rotatable bonds is 5. The van der Waals surface area contributed by atoms with Crippen molar-refractivity contribution in [3.05, 3.63) is 0 Å². The summed E-state index contributed by atoms with van der Waals surface area (Å²) < 4.78 is 0. The Kier molecular flexibility index (Phi) is 4.31. The van der Waals surface area contributed by atoms with Gasteiger partial charge in [-0.05, 0) is 43.9 Å². The third-order valence-corrected chi connectivity index (χ3v) is 4.60. The van der Waals surface area contributed by atoms with Crippen LogP contribution in [0.25, 0.3) is 0 Å². The molecule has 104 valence electrons. The molecule has 0 radical (unpaired) electrons. The number of carbonyl (C=O) groups is 1. The van der Waals surface area contributed by atoms with Gasteiger partial charge in [-0.3, -0.25) is 4.79 Å². The van der Waals surface area contributed by atoms with Crippen molar-refractivity contribution in [2.24, 2.45) is 17.3 Å². The first-order valence-corrected chi connectivity index (χ1v) is 7.48. The van der Waals surface area contributed by atoms with Crippen molar-refractivity contribution in [1.29, 1.82) is 0 Å². The first kappa shape index (κ1) is 13.9. The maximum atomic E-state index is 12.5. The summed E-state index contributed by atoms with van der Waals surface area (Å²) in [4.78, 5) is 12.5. The Bertz CT molecular complexity index is 289. The van der Waals surface area contributed by atoms with E-state index < -0.39 is 0 Å². The molecule has 3 nitrogen and oxygen atoms in total. The Balaban J connectivity index is 1.84. The van der Waals surface area contributed by atoms with E-state index in [1.807, 2.05) is 0 Å². The lowest BCUT2D eigenvalue weighted by Gasteiger charge is -2.34. The van der Waals surface area contributed by atoms with Crippen molar-refractivity contribution in [2.75, 3.05) is 6.54 Å². The maximum Gasteiger partial charge on any atom is 0.226 e. The summed E-state index contributed by atoms with van der Waals surface area (Å²) in [7, 11) is 0. The molecular formula is C15H27NO2. The molecule has 2 aliphatic carbocycles. The van der Waals surface area contributed by atoms with E-state index in [-0.39, 0.29) is 17.4 Å². The monoisotopic (exact) mass is 253 g/mol. The van der Waals surface area contributed by atoms with Crippen LogP contribution in [-0.2, 0) is 4.79 Å². The van der Waals surface area contributed by atoms with Crippen LogP contribution < -0.4 is 5.32 Å². The summed E-state index contributed by atoms with van der Waals surface area (Å²) in [5, 5.41) is 12.4. The fraction of sp³-hybridized carbons (Fsp3) is 0.933. The van der Waals surface area contributed by atoms with Crippen molar-refractivity contribution in [1.82, 2.24) is 5.32 Å². The molecule has 0 atom stereocenters. The summed E-state index contributed by atoms with van der Waals surface area (Å²) in [5.41, 5.74) is -0.0868. The molecule has 0 bridgehead atoms. The van der Waals surface area contributed by atoms with Crippen LogP contribution in [0.3, 0.4) is 0 Å². The summed E-state index contributed by atoms with van der Waals surface area (Å²) in [6.45, 7) is 5.17. The Labute approximate surface area is 110 Å². The molecule has 0 aromatic heterocycles. The molecule has 2 fully saturated rings. The predicted octanol–water partition coefficient (Wildman–Crippen LogP) is 2.48. The van der Waals surface area contributed by atoms with Gasteiger partial charge in [-0.1, -0.05) is 26.7 Å². The van der Waals surface area contributed by atoms with E-state index in [0.29, 0.717) is 11.8 Å². The minimum Gasteiger partial charge on any atom is -0.393 e. The first-order valence-electron chi connectivity index (χ1n) is 7.48. The molecule has 0 aromatic rings. The number of nitrogens with one attached hydrogen (secondary N) is 1. The molecule has 3 heteroatoms. The number of amides is 1. The van der Waals surface area contributed by atoms with Gasteiger partial charge in [0.05, 0.1) is 6.10 Å². The van der Waals surface area contributed by atoms with E-state index >= 15 is 0 Å². The van der Waals surface area contributed by atoms with Gasteiger partial charge in [0.1, 0.15) is 0 Å². The molecule has 0 aromatic carbocycles. The molecule has 0 unspecified atom stereocenters. The van der Waals surface area contributed by atoms with E-state index in [2.05, 4.69) is 19.2 Å². The van der Waals surface area contributed by atoms with Crippen molar-refractivity contribution in [3.63, 3.8) is 0 Å². The van der Waals surface area contributed by atoms with Gasteiger partial charge in [0, 0.05) is 12.0 Å². The van der Waals surface area contributed by atoms with E-state index in [4.69, 9.17) is 0 Å². The van der Waals surface area contributed by atoms with Crippen molar-refractivity contribution < 1.29 is 9.90 Å². The number of hydrogen-bond acceptors (Lipinski definition) is 2. The molecule has 2 aliphatic rings. The van der Waals surface area contributed by atoms with Gasteiger partial charge in [-0.15, -0.1) is 0 Å². The molecule has 0 heterocycles. The third kappa shape index (κ3) is 3.05. The Morgan fingerprint density at radius 1 is 1.33 bits per heavy atom. The van der Waals surface area contributed by atoms with Crippen LogP contribution in [0.1, 0.15) is 58.8 Å². The third-order valence-electron chi connectivity index (χ3n) is 4.60. The van der Waals surface area contributed by atoms with Crippen LogP contribution in [-0.4, -0.2) is 23.7 Å². The summed E-state index contributed by atoms with van der Waals surface area (Å²) in [6.07, 6.45) is 7.13. The van der Waals surface area contributed by atoms with Crippen LogP contribution in [0.15, 0.2) is 0 Å². The second-order valence-electron chi connectivity index (χ2n) is 6.79. The number of hydrogen-bond donors (Lipinski definition) is 2. The number of aliphatic hydroxyl groups is 1. The molecule has 2 rings (SSSR count). The fourth-order valence-electron chi connectivity index (χ4n) is 3.65. The quantitative estimate of drug-likeness (QED) is 0.791. The van der Waals surface area contributed by atoms with Crippen molar-refractivity contribution in [2.45, 2.75) is 64.9 Å². The van der Waals surface area contributed by atoms with Gasteiger partial charge in [0.15, 0.2) is 0 Å². The zero-order valence-corrected chi connectivity index (χ0v) is 11.7. The molecule has 0 spiro atoms. The lowest BCUT2D eigenvalue weighted by atomic mass is 9.77. The first-order chi connectivity index (χ1) is 8.52. The van der Waals surface area contributed by atoms with Crippen molar-refractivity contribution in [3.8, 4) is 0 Å². The van der Waals surface area contributed by atoms with E-state index in [1.54, 1.807) is 0 Å². The largest absolute Gasteiger partial charge is 0.393 e. The standard InChI is InChI=1S/C15H27NO2/c1-11(2)9-15(5-3-4-6-15)14(18)16-10-12-7-13(17)8-12/h11-13,17H,3-10H2,1-2H3,(H,16,18). The SMILES string of the molecule is CC(C)CC1(C(=O)NCC2CC(O)C2)CCCC1. The normalized spacial score (nSPS) is 30.2. The Morgan fingerprint density at radius 2 is 1.94 bits per heavy atom. The van der Waals surface area contributed by atoms with Crippen LogP contribution in [0.2, 0.25) is 0 Å². The van der Waals surface area contributed by atoms with Gasteiger partial charge in [-0.25, -0.2) is 0 Å². The highest BCUT2D eigenvalue weighted by Gasteiger charge is 2.41. The predicted molar refractivity (Wildman–Crippen MR) is 72.1 cm³/mol. The minimum absolute atomic E-state index is 0.0868. The fourth-order valence-corrected chi connectivity index (χ4v) is 3.65. The van der Waals surface area contributed by atoms with Gasteiger partial charge >= 0.3 is 0 Å². The van der Waals surface area contributed by atoms with Gasteiger partial charge in [-0.2, -0.15) is 0 Å². The maximum absolute atomic E-state index is 12.5. The molecule has 0 saturated heterocycles. The van der Waals surface area contributed by atoms with Gasteiger partial charge in [0.2, 0.25) is 5.91 Å². The van der Waals surface area contributed by atoms with Crippen LogP contribution in [0.4, 0.5) is 0 Å². The van der Waals surface area contributed by atoms with Gasteiger partial charge < -0.3 is 10.4 Å². The summed E-state index contributed by atoms with van der Waals surface area (Å²) >= 11 is 0. The van der Waals surface area contributed by atoms with E-state index in [0.717, 1.165) is 38.6 Å². The molecule has 2 N–H and O–H groups in total. The van der Waals surface area contributed by atoms with Crippen LogP contribution >= 0.6 is 0 Å². The smallest absolute Gasteiger partial charge is 0.226 e. The minimum atomic E-state index is -0.122. The summed E-state index contributed by atoms with van der Waals surface area (Å²) in [5.74, 6) is 1.36. The summed E-state index contributed by atoms with van der Waals surface area (Å²) in [6, 6.07) is 0. The van der Waals surface area contributed by atoms with Crippen LogP contribution in [0, 0.1) is 17.3 Å². The highest BCUT2D eigenvalue weighted by Crippen LogP contribution is 2.43. The zero-order chi connectivity index (χ0) is 13.2. The number of carbonyl (C=O) groups excluding carboxylic acids is 1. The molecule has 18 heavy (non-hydrogen) atoms. The number of aliphatic hydroxyl groups excluding tert-OH is 1. The van der Waals surface area contributed by atoms with E-state index in [1.165, 1.54) is 12.8 Å². The highest BCUT2D eigenvalue weighted by molar-refractivity contribution is 5.82. The Hall–Kier alpha value is -0.570. The van der Waals surface area contributed by atoms with E-state index in [9.17, 15) is 9.90 Å². The molecule has 2 saturated carbocycles. The Morgan fingerprint density at radius 3 is 2.44 bits per heavy atom. The topological polar surface area (TPSA) is 49.3 Å². The highest BCUT2D eigenvalue weighted by atomic mass is 16.3.